The zero-order valence-electron chi connectivity index (χ0n) is 15.9. The van der Waals surface area contributed by atoms with Gasteiger partial charge in [0.15, 0.2) is 0 Å². The van der Waals surface area contributed by atoms with Gasteiger partial charge in [0.1, 0.15) is 18.2 Å². The van der Waals surface area contributed by atoms with Crippen molar-refractivity contribution >= 4 is 5.97 Å². The Kier molecular flexibility index (Phi) is 5.61. The van der Waals surface area contributed by atoms with Gasteiger partial charge < -0.3 is 4.74 Å². The molecule has 0 bridgehead atoms. The van der Waals surface area contributed by atoms with Crippen molar-refractivity contribution in [2.75, 3.05) is 13.1 Å². The van der Waals surface area contributed by atoms with Gasteiger partial charge in [-0.05, 0) is 38.0 Å². The van der Waals surface area contributed by atoms with Crippen molar-refractivity contribution in [1.82, 2.24) is 4.90 Å². The second-order valence-electron chi connectivity index (χ2n) is 8.05. The molecule has 0 N–H and O–H groups in total. The highest BCUT2D eigenvalue weighted by Gasteiger charge is 2.43. The molecule has 0 unspecified atom stereocenters. The van der Waals surface area contributed by atoms with E-state index >= 15 is 0 Å². The number of benzene rings is 2. The van der Waals surface area contributed by atoms with Gasteiger partial charge in [0, 0.05) is 30.6 Å². The summed E-state index contributed by atoms with van der Waals surface area (Å²) in [7, 11) is 0. The summed E-state index contributed by atoms with van der Waals surface area (Å²) >= 11 is 0. The van der Waals surface area contributed by atoms with E-state index in [4.69, 9.17) is 4.74 Å². The minimum absolute atomic E-state index is 0.163. The Bertz CT molecular complexity index is 802. The molecule has 144 valence electrons. The zero-order chi connectivity index (χ0) is 19.6. The number of rotatable bonds is 4. The summed E-state index contributed by atoms with van der Waals surface area (Å²) in [5.74, 6) is -2.44. The molecule has 2 aromatic rings. The molecule has 5 heteroatoms. The molecule has 1 saturated heterocycles. The minimum Gasteiger partial charge on any atom is -0.461 e. The molecule has 2 atom stereocenters. The van der Waals surface area contributed by atoms with Crippen molar-refractivity contribution in [1.29, 1.82) is 0 Å². The number of carbonyl (C=O) groups is 1. The predicted molar refractivity (Wildman–Crippen MR) is 100 cm³/mol. The lowest BCUT2D eigenvalue weighted by Crippen LogP contribution is -2.40. The number of carbonyl (C=O) groups excluding carboxylic acids is 1. The highest BCUT2D eigenvalue weighted by atomic mass is 19.1. The summed E-state index contributed by atoms with van der Waals surface area (Å²) in [6.45, 7) is 7.37. The van der Waals surface area contributed by atoms with Crippen LogP contribution >= 0.6 is 0 Å². The van der Waals surface area contributed by atoms with Crippen molar-refractivity contribution in [2.45, 2.75) is 38.8 Å². The normalized spacial score (nSPS) is 20.6. The van der Waals surface area contributed by atoms with Gasteiger partial charge in [-0.25, -0.2) is 8.78 Å². The molecule has 1 aliphatic heterocycles. The fraction of sp³-hybridized carbons (Fsp3) is 0.409. The first kappa shape index (κ1) is 19.5. The van der Waals surface area contributed by atoms with Crippen LogP contribution in [0.2, 0.25) is 0 Å². The number of nitrogens with zero attached hydrogens (tertiary/aromatic N) is 1. The highest BCUT2D eigenvalue weighted by molar-refractivity contribution is 5.74. The van der Waals surface area contributed by atoms with Crippen LogP contribution in [0.3, 0.4) is 0 Å². The van der Waals surface area contributed by atoms with E-state index in [9.17, 15) is 13.6 Å². The summed E-state index contributed by atoms with van der Waals surface area (Å²) in [5, 5.41) is 0. The molecular weight excluding hydrogens is 348 g/mol. The Morgan fingerprint density at radius 1 is 1.11 bits per heavy atom. The third-order valence-electron chi connectivity index (χ3n) is 5.16. The molecule has 0 amide bonds. The number of hydrogen-bond acceptors (Lipinski definition) is 3. The number of likely N-dealkylation sites (tertiary alicyclic amines) is 1. The third kappa shape index (κ3) is 4.53. The Balaban J connectivity index is 1.81. The van der Waals surface area contributed by atoms with E-state index in [0.717, 1.165) is 11.6 Å². The van der Waals surface area contributed by atoms with Gasteiger partial charge in [-0.3, -0.25) is 9.69 Å². The van der Waals surface area contributed by atoms with E-state index in [-0.39, 0.29) is 24.0 Å². The topological polar surface area (TPSA) is 29.5 Å². The summed E-state index contributed by atoms with van der Waals surface area (Å²) < 4.78 is 33.3. The lowest BCUT2D eigenvalue weighted by molar-refractivity contribution is -0.150. The fourth-order valence-electron chi connectivity index (χ4n) is 3.54. The second-order valence-corrected chi connectivity index (χ2v) is 8.05. The average Bonchev–Trinajstić information content (AvgIpc) is 3.06. The van der Waals surface area contributed by atoms with Crippen LogP contribution in [0.25, 0.3) is 0 Å². The van der Waals surface area contributed by atoms with Crippen molar-refractivity contribution in [2.24, 2.45) is 5.92 Å². The molecule has 3 rings (SSSR count). The van der Waals surface area contributed by atoms with Crippen LogP contribution < -0.4 is 0 Å². The summed E-state index contributed by atoms with van der Waals surface area (Å²) in [6, 6.07) is 13.0. The van der Waals surface area contributed by atoms with Gasteiger partial charge >= 0.3 is 5.97 Å². The number of ether oxygens (including phenoxy) is 1. The maximum Gasteiger partial charge on any atom is 0.311 e. The standard InChI is InChI=1S/C22H25F2NO2/c1-22(2,3)25-12-18(17-10-9-16(23)11-20(17)24)19(13-25)21(26)27-14-15-7-5-4-6-8-15/h4-11,18-19H,12-14H2,1-3H3/t18-,19+/m0/s1. The first-order valence-corrected chi connectivity index (χ1v) is 9.16. The molecule has 27 heavy (non-hydrogen) atoms. The van der Waals surface area contributed by atoms with Gasteiger partial charge in [-0.2, -0.15) is 0 Å². The van der Waals surface area contributed by atoms with Gasteiger partial charge in [-0.15, -0.1) is 0 Å². The van der Waals surface area contributed by atoms with Gasteiger partial charge in [0.2, 0.25) is 0 Å². The van der Waals surface area contributed by atoms with Gasteiger partial charge in [0.25, 0.3) is 0 Å². The Morgan fingerprint density at radius 2 is 1.81 bits per heavy atom. The van der Waals surface area contributed by atoms with Crippen molar-refractivity contribution in [3.05, 3.63) is 71.3 Å². The molecule has 0 saturated carbocycles. The monoisotopic (exact) mass is 373 g/mol. The van der Waals surface area contributed by atoms with Crippen LogP contribution in [-0.4, -0.2) is 29.5 Å². The number of esters is 1. The van der Waals surface area contributed by atoms with Gasteiger partial charge in [-0.1, -0.05) is 36.4 Å². The molecule has 0 spiro atoms. The predicted octanol–water partition coefficient (Wildman–Crippen LogP) is 4.52. The van der Waals surface area contributed by atoms with Crippen molar-refractivity contribution in [3.8, 4) is 0 Å². The Hall–Kier alpha value is -2.27. The Labute approximate surface area is 158 Å². The van der Waals surface area contributed by atoms with Crippen LogP contribution in [0, 0.1) is 17.6 Å². The Morgan fingerprint density at radius 3 is 2.44 bits per heavy atom. The quantitative estimate of drug-likeness (QED) is 0.738. The lowest BCUT2D eigenvalue weighted by atomic mass is 9.88. The molecule has 0 aromatic heterocycles. The smallest absolute Gasteiger partial charge is 0.311 e. The molecule has 2 aromatic carbocycles. The maximum absolute atomic E-state index is 14.4. The van der Waals surface area contributed by atoms with E-state index < -0.39 is 17.6 Å². The van der Waals surface area contributed by atoms with E-state index in [1.54, 1.807) is 0 Å². The zero-order valence-corrected chi connectivity index (χ0v) is 15.9. The van der Waals surface area contributed by atoms with Crippen LogP contribution in [0.4, 0.5) is 8.78 Å². The highest BCUT2D eigenvalue weighted by Crippen LogP contribution is 2.38. The second kappa shape index (κ2) is 7.77. The van der Waals surface area contributed by atoms with Crippen molar-refractivity contribution < 1.29 is 18.3 Å². The van der Waals surface area contributed by atoms with Crippen molar-refractivity contribution in [3.63, 3.8) is 0 Å². The number of halogens is 2. The van der Waals surface area contributed by atoms with Crippen LogP contribution in [0.1, 0.15) is 37.8 Å². The molecular formula is C22H25F2NO2. The molecule has 1 heterocycles. The first-order chi connectivity index (χ1) is 12.8. The van der Waals surface area contributed by atoms with E-state index in [0.29, 0.717) is 18.7 Å². The number of hydrogen-bond donors (Lipinski definition) is 0. The summed E-state index contributed by atoms with van der Waals surface area (Å²) in [4.78, 5) is 15.0. The first-order valence-electron chi connectivity index (χ1n) is 9.16. The maximum atomic E-state index is 14.4. The van der Waals surface area contributed by atoms with Gasteiger partial charge in [0.05, 0.1) is 5.92 Å². The van der Waals surface area contributed by atoms with E-state index in [1.807, 2.05) is 30.3 Å². The lowest BCUT2D eigenvalue weighted by Gasteiger charge is -2.31. The SMILES string of the molecule is CC(C)(C)N1C[C@@H](C(=O)OCc2ccccc2)[C@H](c2ccc(F)cc2F)C1. The minimum atomic E-state index is -0.620. The molecule has 1 fully saturated rings. The van der Waals surface area contributed by atoms with E-state index in [1.165, 1.54) is 12.1 Å². The summed E-state index contributed by atoms with van der Waals surface area (Å²) in [6.07, 6.45) is 0. The molecule has 3 nitrogen and oxygen atoms in total. The molecule has 1 aliphatic rings. The van der Waals surface area contributed by atoms with Crippen LogP contribution in [0.5, 0.6) is 0 Å². The molecule has 0 aliphatic carbocycles. The van der Waals surface area contributed by atoms with Crippen LogP contribution in [-0.2, 0) is 16.1 Å². The third-order valence-corrected chi connectivity index (χ3v) is 5.16. The summed E-state index contributed by atoms with van der Waals surface area (Å²) in [5.41, 5.74) is 1.11. The average molecular weight is 373 g/mol. The fourth-order valence-corrected chi connectivity index (χ4v) is 3.54. The van der Waals surface area contributed by atoms with Crippen LogP contribution in [0.15, 0.2) is 48.5 Å². The van der Waals surface area contributed by atoms with E-state index in [2.05, 4.69) is 25.7 Å². The largest absolute Gasteiger partial charge is 0.461 e. The molecule has 0 radical (unpaired) electrons.